The monoisotopic (exact) mass is 350 g/mol. The van der Waals surface area contributed by atoms with E-state index in [9.17, 15) is 5.11 Å². The lowest BCUT2D eigenvalue weighted by Gasteiger charge is -2.55. The highest BCUT2D eigenvalue weighted by atomic mass is 16.3. The predicted molar refractivity (Wildman–Crippen MR) is 103 cm³/mol. The Labute approximate surface area is 155 Å². The average Bonchev–Trinajstić information content (AvgIpc) is 3.05. The van der Waals surface area contributed by atoms with Gasteiger partial charge in [-0.2, -0.15) is 5.10 Å². The molecular formula is C23H30N2O. The van der Waals surface area contributed by atoms with Crippen LogP contribution in [-0.4, -0.2) is 21.4 Å². The van der Waals surface area contributed by atoms with E-state index in [0.29, 0.717) is 11.8 Å². The number of nitrogens with one attached hydrogen (secondary N) is 1. The fraction of sp³-hybridized carbons (Fsp3) is 0.696. The van der Waals surface area contributed by atoms with Gasteiger partial charge in [0.25, 0.3) is 0 Å². The molecule has 4 saturated carbocycles. The lowest BCUT2D eigenvalue weighted by molar-refractivity contribution is -0.0866. The Morgan fingerprint density at radius 2 is 1.88 bits per heavy atom. The molecule has 0 radical (unpaired) electrons. The molecule has 5 aliphatic rings. The zero-order chi connectivity index (χ0) is 17.5. The van der Waals surface area contributed by atoms with E-state index in [2.05, 4.69) is 29.3 Å². The Balaban J connectivity index is 1.45. The largest absolute Gasteiger partial charge is 0.392 e. The van der Waals surface area contributed by atoms with Crippen LogP contribution in [0, 0.1) is 29.1 Å². The van der Waals surface area contributed by atoms with Gasteiger partial charge in [-0.3, -0.25) is 5.10 Å². The van der Waals surface area contributed by atoms with Crippen molar-refractivity contribution < 1.29 is 5.11 Å². The van der Waals surface area contributed by atoms with Gasteiger partial charge in [0.05, 0.1) is 17.8 Å². The number of nitrogens with zero attached hydrogens (tertiary/aromatic N) is 1. The molecule has 7 rings (SSSR count). The minimum absolute atomic E-state index is 0.0706. The molecule has 1 aromatic carbocycles. The molecule has 138 valence electrons. The maximum Gasteiger partial charge on any atom is 0.0653 e. The third kappa shape index (κ3) is 1.96. The van der Waals surface area contributed by atoms with Gasteiger partial charge in [-0.25, -0.2) is 0 Å². The van der Waals surface area contributed by atoms with Crippen molar-refractivity contribution in [1.29, 1.82) is 0 Å². The average molecular weight is 351 g/mol. The smallest absolute Gasteiger partial charge is 0.0653 e. The molecule has 0 aliphatic heterocycles. The van der Waals surface area contributed by atoms with E-state index in [4.69, 9.17) is 0 Å². The van der Waals surface area contributed by atoms with Crippen molar-refractivity contribution in [1.82, 2.24) is 10.2 Å². The third-order valence-electron chi connectivity index (χ3n) is 9.03. The first-order valence-corrected chi connectivity index (χ1v) is 10.8. The van der Waals surface area contributed by atoms with Crippen LogP contribution in [-0.2, 0) is 6.42 Å². The highest BCUT2D eigenvalue weighted by molar-refractivity contribution is 5.80. The van der Waals surface area contributed by atoms with Gasteiger partial charge in [0.1, 0.15) is 0 Å². The van der Waals surface area contributed by atoms with E-state index in [1.165, 1.54) is 62.3 Å². The first-order chi connectivity index (χ1) is 12.6. The molecule has 5 atom stereocenters. The van der Waals surface area contributed by atoms with Crippen LogP contribution in [0.5, 0.6) is 0 Å². The van der Waals surface area contributed by atoms with E-state index in [1.54, 1.807) is 11.1 Å². The minimum atomic E-state index is -0.0706. The number of H-pyrrole nitrogens is 1. The van der Waals surface area contributed by atoms with Gasteiger partial charge >= 0.3 is 0 Å². The number of hydrogen-bond donors (Lipinski definition) is 2. The number of aromatic amines is 1. The van der Waals surface area contributed by atoms with Crippen molar-refractivity contribution in [3.8, 4) is 0 Å². The predicted octanol–water partition coefficient (Wildman–Crippen LogP) is 4.81. The van der Waals surface area contributed by atoms with Gasteiger partial charge in [-0.05, 0) is 110 Å². The Morgan fingerprint density at radius 1 is 1.08 bits per heavy atom. The second-order valence-corrected chi connectivity index (χ2v) is 10.0. The van der Waals surface area contributed by atoms with Crippen molar-refractivity contribution in [2.75, 3.05) is 0 Å². The number of aryl methyl sites for hydroxylation is 1. The lowest BCUT2D eigenvalue weighted by Crippen LogP contribution is -2.50. The summed E-state index contributed by atoms with van der Waals surface area (Å²) in [7, 11) is 0. The molecule has 1 heterocycles. The maximum atomic E-state index is 11.3. The van der Waals surface area contributed by atoms with Gasteiger partial charge in [0.15, 0.2) is 0 Å². The standard InChI is InChI=1S/C23H30N2O/c1-23-9-8-17-18(21(23)13-2-4-14(5-3-13)22(23)26)7-6-15-11-20-16(10-19(15)17)12-24-25-20/h10-14,17-18,21-22,26H,2-9H2,1H3,(H,24,25). The number of rotatable bonds is 0. The maximum absolute atomic E-state index is 11.3. The molecule has 0 spiro atoms. The summed E-state index contributed by atoms with van der Waals surface area (Å²) in [4.78, 5) is 0. The fourth-order valence-corrected chi connectivity index (χ4v) is 7.88. The molecule has 0 saturated heterocycles. The van der Waals surface area contributed by atoms with Crippen LogP contribution in [0.15, 0.2) is 18.3 Å². The molecule has 1 aromatic heterocycles. The number of aromatic nitrogens is 2. The summed E-state index contributed by atoms with van der Waals surface area (Å²) in [5, 5.41) is 20.0. The zero-order valence-corrected chi connectivity index (χ0v) is 15.7. The van der Waals surface area contributed by atoms with Crippen molar-refractivity contribution in [2.24, 2.45) is 29.1 Å². The highest BCUT2D eigenvalue weighted by Gasteiger charge is 2.57. The molecular weight excluding hydrogens is 320 g/mol. The second-order valence-electron chi connectivity index (χ2n) is 10.0. The van der Waals surface area contributed by atoms with E-state index >= 15 is 0 Å². The van der Waals surface area contributed by atoms with Crippen LogP contribution in [0.25, 0.3) is 10.9 Å². The molecule has 3 heteroatoms. The van der Waals surface area contributed by atoms with Crippen molar-refractivity contribution in [3.63, 3.8) is 0 Å². The molecule has 3 nitrogen and oxygen atoms in total. The topological polar surface area (TPSA) is 48.9 Å². The highest BCUT2D eigenvalue weighted by Crippen LogP contribution is 2.63. The van der Waals surface area contributed by atoms with E-state index in [1.807, 2.05) is 6.20 Å². The van der Waals surface area contributed by atoms with Crippen molar-refractivity contribution >= 4 is 10.9 Å². The normalized spacial score (nSPS) is 44.2. The molecule has 5 unspecified atom stereocenters. The SMILES string of the molecule is CC12CCC3c4cc5cn[nH]c5cc4CCC3C1C1CCC(CC1)C2O. The Hall–Kier alpha value is -1.35. The van der Waals surface area contributed by atoms with Crippen molar-refractivity contribution in [2.45, 2.75) is 70.3 Å². The molecule has 2 bridgehead atoms. The molecule has 5 aliphatic carbocycles. The quantitative estimate of drug-likeness (QED) is 0.716. The van der Waals surface area contributed by atoms with Gasteiger partial charge in [-0.1, -0.05) is 6.92 Å². The van der Waals surface area contributed by atoms with Gasteiger partial charge < -0.3 is 5.11 Å². The van der Waals surface area contributed by atoms with Crippen LogP contribution in [0.4, 0.5) is 0 Å². The van der Waals surface area contributed by atoms with Crippen molar-refractivity contribution in [3.05, 3.63) is 29.5 Å². The van der Waals surface area contributed by atoms with E-state index in [-0.39, 0.29) is 11.5 Å². The summed E-state index contributed by atoms with van der Waals surface area (Å²) in [6.45, 7) is 2.45. The Kier molecular flexibility index (Phi) is 3.22. The van der Waals surface area contributed by atoms with E-state index in [0.717, 1.165) is 17.8 Å². The number of aliphatic hydroxyl groups excluding tert-OH is 1. The Bertz CT molecular complexity index is 849. The van der Waals surface area contributed by atoms with Crippen LogP contribution >= 0.6 is 0 Å². The second kappa shape index (κ2) is 5.34. The van der Waals surface area contributed by atoms with Crippen LogP contribution in [0.1, 0.15) is 68.9 Å². The summed E-state index contributed by atoms with van der Waals surface area (Å²) in [6.07, 6.45) is 12.1. The van der Waals surface area contributed by atoms with Gasteiger partial charge in [-0.15, -0.1) is 0 Å². The molecule has 4 fully saturated rings. The summed E-state index contributed by atoms with van der Waals surface area (Å²) < 4.78 is 0. The first-order valence-electron chi connectivity index (χ1n) is 10.8. The lowest BCUT2D eigenvalue weighted by atomic mass is 9.50. The molecule has 2 aromatic rings. The van der Waals surface area contributed by atoms with Crippen LogP contribution in [0.3, 0.4) is 0 Å². The number of benzene rings is 1. The fourth-order valence-electron chi connectivity index (χ4n) is 7.88. The summed E-state index contributed by atoms with van der Waals surface area (Å²) in [6, 6.07) is 4.79. The molecule has 26 heavy (non-hydrogen) atoms. The number of aliphatic hydroxyl groups is 1. The van der Waals surface area contributed by atoms with Gasteiger partial charge in [0.2, 0.25) is 0 Å². The summed E-state index contributed by atoms with van der Waals surface area (Å²) in [5.41, 5.74) is 4.49. The third-order valence-corrected chi connectivity index (χ3v) is 9.03. The Morgan fingerprint density at radius 3 is 2.73 bits per heavy atom. The zero-order valence-electron chi connectivity index (χ0n) is 15.7. The molecule has 2 N–H and O–H groups in total. The van der Waals surface area contributed by atoms with Crippen LogP contribution in [0.2, 0.25) is 0 Å². The van der Waals surface area contributed by atoms with Gasteiger partial charge in [0, 0.05) is 5.39 Å². The summed E-state index contributed by atoms with van der Waals surface area (Å²) >= 11 is 0. The minimum Gasteiger partial charge on any atom is -0.392 e. The number of hydrogen-bond acceptors (Lipinski definition) is 2. The number of fused-ring (bicyclic) bond motifs is 6. The molecule has 0 amide bonds. The summed E-state index contributed by atoms with van der Waals surface area (Å²) in [5.74, 6) is 3.60. The van der Waals surface area contributed by atoms with Crippen LogP contribution < -0.4 is 0 Å². The first kappa shape index (κ1) is 15.7. The van der Waals surface area contributed by atoms with E-state index < -0.39 is 0 Å².